The lowest BCUT2D eigenvalue weighted by molar-refractivity contribution is -0.141. The lowest BCUT2D eigenvalue weighted by Gasteiger charge is -2.26. The molecule has 2 atom stereocenters. The molecule has 1 aromatic carbocycles. The molecule has 0 fully saturated rings. The molecule has 86 valence electrons. The fourth-order valence-corrected chi connectivity index (χ4v) is 2.65. The van der Waals surface area contributed by atoms with Crippen molar-refractivity contribution >= 4 is 23.3 Å². The Morgan fingerprint density at radius 2 is 2.31 bits per heavy atom. The van der Waals surface area contributed by atoms with Gasteiger partial charge in [-0.1, -0.05) is 23.7 Å². The van der Waals surface area contributed by atoms with E-state index in [2.05, 4.69) is 0 Å². The number of para-hydroxylation sites is 1. The van der Waals surface area contributed by atoms with E-state index in [1.807, 2.05) is 30.1 Å². The van der Waals surface area contributed by atoms with Crippen molar-refractivity contribution in [2.24, 2.45) is 5.92 Å². The number of likely N-dealkylation sites (N-methyl/N-ethyl adjacent to an activating group) is 1. The second-order valence-electron chi connectivity index (χ2n) is 4.26. The van der Waals surface area contributed by atoms with Crippen LogP contribution in [0.1, 0.15) is 12.5 Å². The van der Waals surface area contributed by atoms with Crippen molar-refractivity contribution in [3.8, 4) is 0 Å². The van der Waals surface area contributed by atoms with Crippen LogP contribution in [0.2, 0.25) is 5.02 Å². The van der Waals surface area contributed by atoms with Crippen LogP contribution in [-0.4, -0.2) is 24.2 Å². The van der Waals surface area contributed by atoms with E-state index in [9.17, 15) is 4.79 Å². The minimum atomic E-state index is -0.763. The van der Waals surface area contributed by atoms with E-state index in [1.54, 1.807) is 6.92 Å². The van der Waals surface area contributed by atoms with Crippen LogP contribution >= 0.6 is 11.6 Å². The molecule has 0 saturated heterocycles. The summed E-state index contributed by atoms with van der Waals surface area (Å²) in [6.07, 6.45) is 0.750. The zero-order valence-corrected chi connectivity index (χ0v) is 10.0. The molecule has 0 saturated carbocycles. The largest absolute Gasteiger partial charge is 0.481 e. The molecule has 1 aromatic rings. The van der Waals surface area contributed by atoms with E-state index < -0.39 is 11.9 Å². The van der Waals surface area contributed by atoms with Gasteiger partial charge in [-0.15, -0.1) is 0 Å². The SMILES string of the molecule is CC(C(=O)O)C1Cc2cccc(Cl)c2N1C. The first-order valence-corrected chi connectivity index (χ1v) is 5.63. The lowest BCUT2D eigenvalue weighted by atomic mass is 9.98. The van der Waals surface area contributed by atoms with E-state index >= 15 is 0 Å². The number of benzene rings is 1. The van der Waals surface area contributed by atoms with Gasteiger partial charge in [-0.05, 0) is 25.0 Å². The fourth-order valence-electron chi connectivity index (χ4n) is 2.32. The summed E-state index contributed by atoms with van der Waals surface area (Å²) in [5.41, 5.74) is 2.11. The molecule has 4 heteroatoms. The van der Waals surface area contributed by atoms with Crippen LogP contribution < -0.4 is 4.90 Å². The number of aliphatic carboxylic acids is 1. The Bertz CT molecular complexity index is 433. The zero-order valence-electron chi connectivity index (χ0n) is 9.27. The van der Waals surface area contributed by atoms with Gasteiger partial charge >= 0.3 is 5.97 Å². The molecular formula is C12H14ClNO2. The van der Waals surface area contributed by atoms with Gasteiger partial charge in [-0.2, -0.15) is 0 Å². The van der Waals surface area contributed by atoms with E-state index in [4.69, 9.17) is 16.7 Å². The van der Waals surface area contributed by atoms with Gasteiger partial charge in [0, 0.05) is 13.1 Å². The highest BCUT2D eigenvalue weighted by atomic mass is 35.5. The van der Waals surface area contributed by atoms with Crippen molar-refractivity contribution < 1.29 is 9.90 Å². The lowest BCUT2D eigenvalue weighted by Crippen LogP contribution is -2.37. The smallest absolute Gasteiger partial charge is 0.308 e. The quantitative estimate of drug-likeness (QED) is 0.862. The molecule has 1 N–H and O–H groups in total. The minimum absolute atomic E-state index is 0.00704. The highest BCUT2D eigenvalue weighted by Gasteiger charge is 2.34. The number of anilines is 1. The van der Waals surface area contributed by atoms with Crippen LogP contribution in [0.3, 0.4) is 0 Å². The van der Waals surface area contributed by atoms with Gasteiger partial charge in [0.1, 0.15) is 0 Å². The van der Waals surface area contributed by atoms with Crippen LogP contribution in [0.4, 0.5) is 5.69 Å². The van der Waals surface area contributed by atoms with Crippen LogP contribution in [0, 0.1) is 5.92 Å². The average molecular weight is 240 g/mol. The number of carboxylic acids is 1. The van der Waals surface area contributed by atoms with Crippen molar-refractivity contribution in [2.45, 2.75) is 19.4 Å². The summed E-state index contributed by atoms with van der Waals surface area (Å²) in [4.78, 5) is 13.0. The van der Waals surface area contributed by atoms with Crippen molar-refractivity contribution in [3.05, 3.63) is 28.8 Å². The van der Waals surface area contributed by atoms with E-state index in [-0.39, 0.29) is 6.04 Å². The van der Waals surface area contributed by atoms with E-state index in [0.29, 0.717) is 5.02 Å². The normalized spacial score (nSPS) is 20.7. The standard InChI is InChI=1S/C12H14ClNO2/c1-7(12(15)16)10-6-8-4-3-5-9(13)11(8)14(10)2/h3-5,7,10H,6H2,1-2H3,(H,15,16). The number of hydrogen-bond acceptors (Lipinski definition) is 2. The molecular weight excluding hydrogens is 226 g/mol. The first-order valence-electron chi connectivity index (χ1n) is 5.25. The van der Waals surface area contributed by atoms with Gasteiger partial charge in [0.15, 0.2) is 0 Å². The topological polar surface area (TPSA) is 40.5 Å². The Balaban J connectivity index is 2.34. The van der Waals surface area contributed by atoms with E-state index in [0.717, 1.165) is 17.7 Å². The van der Waals surface area contributed by atoms with Gasteiger partial charge in [0.2, 0.25) is 0 Å². The first kappa shape index (κ1) is 11.3. The molecule has 0 aromatic heterocycles. The molecule has 1 aliphatic heterocycles. The second kappa shape index (κ2) is 3.98. The Morgan fingerprint density at radius 1 is 1.62 bits per heavy atom. The van der Waals surface area contributed by atoms with E-state index in [1.165, 1.54) is 0 Å². The molecule has 2 unspecified atom stereocenters. The number of carboxylic acid groups (broad SMARTS) is 1. The summed E-state index contributed by atoms with van der Waals surface area (Å²) in [6, 6.07) is 5.74. The predicted molar refractivity (Wildman–Crippen MR) is 64.1 cm³/mol. The number of nitrogens with zero attached hydrogens (tertiary/aromatic N) is 1. The molecule has 3 nitrogen and oxygen atoms in total. The van der Waals surface area contributed by atoms with Crippen LogP contribution in [0.15, 0.2) is 18.2 Å². The fraction of sp³-hybridized carbons (Fsp3) is 0.417. The average Bonchev–Trinajstić information content (AvgIpc) is 2.56. The summed E-state index contributed by atoms with van der Waals surface area (Å²) in [5.74, 6) is -1.16. The third kappa shape index (κ3) is 1.65. The molecule has 16 heavy (non-hydrogen) atoms. The van der Waals surface area contributed by atoms with Gasteiger partial charge in [-0.25, -0.2) is 0 Å². The zero-order chi connectivity index (χ0) is 11.9. The van der Waals surface area contributed by atoms with Crippen LogP contribution in [0.5, 0.6) is 0 Å². The highest BCUT2D eigenvalue weighted by Crippen LogP contribution is 2.39. The second-order valence-corrected chi connectivity index (χ2v) is 4.66. The molecule has 0 bridgehead atoms. The molecule has 0 amide bonds. The number of rotatable bonds is 2. The predicted octanol–water partition coefficient (Wildman–Crippen LogP) is 2.42. The number of fused-ring (bicyclic) bond motifs is 1. The van der Waals surface area contributed by atoms with Crippen molar-refractivity contribution in [1.29, 1.82) is 0 Å². The minimum Gasteiger partial charge on any atom is -0.481 e. The first-order chi connectivity index (χ1) is 7.52. The Morgan fingerprint density at radius 3 is 2.88 bits per heavy atom. The third-order valence-electron chi connectivity index (χ3n) is 3.32. The molecule has 2 rings (SSSR count). The van der Waals surface area contributed by atoms with Crippen molar-refractivity contribution in [2.75, 3.05) is 11.9 Å². The number of halogens is 1. The molecule has 0 aliphatic carbocycles. The summed E-state index contributed by atoms with van der Waals surface area (Å²) in [7, 11) is 1.90. The molecule has 1 aliphatic rings. The molecule has 0 spiro atoms. The van der Waals surface area contributed by atoms with Crippen molar-refractivity contribution in [3.63, 3.8) is 0 Å². The Hall–Kier alpha value is -1.22. The molecule has 1 heterocycles. The highest BCUT2D eigenvalue weighted by molar-refractivity contribution is 6.33. The molecule has 0 radical (unpaired) electrons. The number of hydrogen-bond donors (Lipinski definition) is 1. The summed E-state index contributed by atoms with van der Waals surface area (Å²) >= 11 is 6.12. The van der Waals surface area contributed by atoms with Gasteiger partial charge < -0.3 is 10.0 Å². The monoisotopic (exact) mass is 239 g/mol. The summed E-state index contributed by atoms with van der Waals surface area (Å²) in [6.45, 7) is 1.74. The number of carbonyl (C=O) groups is 1. The summed E-state index contributed by atoms with van der Waals surface area (Å²) < 4.78 is 0. The maximum atomic E-state index is 11.0. The third-order valence-corrected chi connectivity index (χ3v) is 3.62. The maximum absolute atomic E-state index is 11.0. The van der Waals surface area contributed by atoms with Gasteiger partial charge in [0.25, 0.3) is 0 Å². The van der Waals surface area contributed by atoms with Gasteiger partial charge in [-0.3, -0.25) is 4.79 Å². The Kier molecular flexibility index (Phi) is 2.80. The van der Waals surface area contributed by atoms with Crippen molar-refractivity contribution in [1.82, 2.24) is 0 Å². The Labute approximate surface area is 99.6 Å². The van der Waals surface area contributed by atoms with Crippen LogP contribution in [-0.2, 0) is 11.2 Å². The summed E-state index contributed by atoms with van der Waals surface area (Å²) in [5, 5.41) is 9.74. The van der Waals surface area contributed by atoms with Crippen LogP contribution in [0.25, 0.3) is 0 Å². The van der Waals surface area contributed by atoms with Gasteiger partial charge in [0.05, 0.1) is 16.6 Å². The maximum Gasteiger partial charge on any atom is 0.308 e.